The van der Waals surface area contributed by atoms with Gasteiger partial charge in [0.2, 0.25) is 5.89 Å². The molecule has 0 atom stereocenters. The molecule has 10 aromatic carbocycles. The SMILES string of the molecule is c1ccc(-c2ccc(-c3cccc(N(c4ccccc4)c4ccccc4-c4cccc(-c5cccc6ccc7oc(-c8ccc(-c9ccccc9)cc8)nc7c56)c4)c3)cc2)cc1. The van der Waals surface area contributed by atoms with Gasteiger partial charge in [0.25, 0.3) is 0 Å². The number of para-hydroxylation sites is 2. The van der Waals surface area contributed by atoms with Gasteiger partial charge in [0.05, 0.1) is 5.69 Å². The van der Waals surface area contributed by atoms with Gasteiger partial charge in [-0.2, -0.15) is 0 Å². The molecule has 0 unspecified atom stereocenters. The van der Waals surface area contributed by atoms with Crippen molar-refractivity contribution in [3.63, 3.8) is 0 Å². The first-order valence-electron chi connectivity index (χ1n) is 21.0. The van der Waals surface area contributed by atoms with Crippen LogP contribution in [-0.4, -0.2) is 4.98 Å². The Bertz CT molecular complexity index is 3320. The number of nitrogens with zero attached hydrogens (tertiary/aromatic N) is 2. The molecular weight excluding hydrogens is 753 g/mol. The Balaban J connectivity index is 0.978. The number of hydrogen-bond donors (Lipinski definition) is 0. The zero-order valence-electron chi connectivity index (χ0n) is 33.9. The van der Waals surface area contributed by atoms with Crippen molar-refractivity contribution in [2.24, 2.45) is 0 Å². The molecule has 3 heteroatoms. The molecule has 0 bridgehead atoms. The summed E-state index contributed by atoms with van der Waals surface area (Å²) < 4.78 is 6.46. The van der Waals surface area contributed by atoms with Gasteiger partial charge in [-0.15, -0.1) is 0 Å². The zero-order chi connectivity index (χ0) is 41.2. The maximum atomic E-state index is 6.46. The van der Waals surface area contributed by atoms with Crippen LogP contribution < -0.4 is 4.90 Å². The second-order valence-electron chi connectivity index (χ2n) is 15.5. The summed E-state index contributed by atoms with van der Waals surface area (Å²) in [6.45, 7) is 0. The maximum Gasteiger partial charge on any atom is 0.227 e. The third-order valence-electron chi connectivity index (χ3n) is 11.7. The number of aromatic nitrogens is 1. The first-order chi connectivity index (χ1) is 30.7. The van der Waals surface area contributed by atoms with E-state index in [4.69, 9.17) is 9.40 Å². The molecule has 292 valence electrons. The first kappa shape index (κ1) is 36.8. The van der Waals surface area contributed by atoms with E-state index in [2.05, 4.69) is 235 Å². The smallest absolute Gasteiger partial charge is 0.227 e. The van der Waals surface area contributed by atoms with Gasteiger partial charge in [-0.25, -0.2) is 4.98 Å². The second kappa shape index (κ2) is 16.1. The van der Waals surface area contributed by atoms with Crippen molar-refractivity contribution in [3.05, 3.63) is 243 Å². The molecule has 0 aliphatic rings. The fourth-order valence-electron chi connectivity index (χ4n) is 8.64. The van der Waals surface area contributed by atoms with Crippen LogP contribution in [0.25, 0.3) is 89.0 Å². The highest BCUT2D eigenvalue weighted by atomic mass is 16.3. The molecule has 0 amide bonds. The van der Waals surface area contributed by atoms with Crippen LogP contribution in [-0.2, 0) is 0 Å². The molecule has 0 aliphatic heterocycles. The van der Waals surface area contributed by atoms with E-state index < -0.39 is 0 Å². The first-order valence-corrected chi connectivity index (χ1v) is 21.0. The van der Waals surface area contributed by atoms with Crippen molar-refractivity contribution in [2.75, 3.05) is 4.90 Å². The van der Waals surface area contributed by atoms with Crippen LogP contribution >= 0.6 is 0 Å². The van der Waals surface area contributed by atoms with Gasteiger partial charge in [0, 0.05) is 27.9 Å². The monoisotopic (exact) mass is 792 g/mol. The maximum absolute atomic E-state index is 6.46. The molecule has 0 N–H and O–H groups in total. The molecule has 62 heavy (non-hydrogen) atoms. The predicted molar refractivity (Wildman–Crippen MR) is 259 cm³/mol. The van der Waals surface area contributed by atoms with Gasteiger partial charge in [-0.3, -0.25) is 0 Å². The Hall–Kier alpha value is -8.27. The second-order valence-corrected chi connectivity index (χ2v) is 15.5. The normalized spacial score (nSPS) is 11.2. The van der Waals surface area contributed by atoms with E-state index in [0.29, 0.717) is 5.89 Å². The molecule has 0 saturated carbocycles. The minimum absolute atomic E-state index is 0.610. The van der Waals surface area contributed by atoms with Gasteiger partial charge >= 0.3 is 0 Å². The lowest BCUT2D eigenvalue weighted by Crippen LogP contribution is -2.11. The summed E-state index contributed by atoms with van der Waals surface area (Å²) in [5.74, 6) is 0.610. The van der Waals surface area contributed by atoms with Crippen LogP contribution in [0, 0.1) is 0 Å². The average molecular weight is 793 g/mol. The fourth-order valence-corrected chi connectivity index (χ4v) is 8.64. The topological polar surface area (TPSA) is 29.3 Å². The fraction of sp³-hybridized carbons (Fsp3) is 0. The van der Waals surface area contributed by atoms with Gasteiger partial charge < -0.3 is 9.32 Å². The number of benzene rings is 10. The van der Waals surface area contributed by atoms with Crippen LogP contribution in [0.5, 0.6) is 0 Å². The molecule has 0 spiro atoms. The summed E-state index contributed by atoms with van der Waals surface area (Å²) >= 11 is 0. The average Bonchev–Trinajstić information content (AvgIpc) is 3.80. The molecule has 11 aromatic rings. The van der Waals surface area contributed by atoms with Crippen LogP contribution in [0.4, 0.5) is 17.1 Å². The minimum atomic E-state index is 0.610. The predicted octanol–water partition coefficient (Wildman–Crippen LogP) is 16.5. The molecule has 0 saturated heterocycles. The molecule has 0 radical (unpaired) electrons. The van der Waals surface area contributed by atoms with E-state index >= 15 is 0 Å². The van der Waals surface area contributed by atoms with Crippen LogP contribution in [0.2, 0.25) is 0 Å². The number of fused-ring (bicyclic) bond motifs is 3. The lowest BCUT2D eigenvalue weighted by molar-refractivity contribution is 0.620. The summed E-state index contributed by atoms with van der Waals surface area (Å²) in [6, 6.07) is 86.0. The van der Waals surface area contributed by atoms with E-state index in [0.717, 1.165) is 77.9 Å². The van der Waals surface area contributed by atoms with Gasteiger partial charge in [-0.1, -0.05) is 188 Å². The Morgan fingerprint density at radius 3 is 1.50 bits per heavy atom. The van der Waals surface area contributed by atoms with E-state index in [9.17, 15) is 0 Å². The van der Waals surface area contributed by atoms with Crippen molar-refractivity contribution in [1.82, 2.24) is 4.98 Å². The molecular formula is C59H40N2O. The third kappa shape index (κ3) is 7.02. The summed E-state index contributed by atoms with van der Waals surface area (Å²) in [5.41, 5.74) is 17.4. The highest BCUT2D eigenvalue weighted by molar-refractivity contribution is 6.12. The van der Waals surface area contributed by atoms with Crippen LogP contribution in [0.3, 0.4) is 0 Å². The molecule has 11 rings (SSSR count). The number of oxazole rings is 1. The minimum Gasteiger partial charge on any atom is -0.436 e. The largest absolute Gasteiger partial charge is 0.436 e. The molecule has 3 nitrogen and oxygen atoms in total. The zero-order valence-corrected chi connectivity index (χ0v) is 33.9. The van der Waals surface area contributed by atoms with Crippen molar-refractivity contribution in [2.45, 2.75) is 0 Å². The summed E-state index contributed by atoms with van der Waals surface area (Å²) in [5, 5.41) is 2.19. The third-order valence-corrected chi connectivity index (χ3v) is 11.7. The van der Waals surface area contributed by atoms with Crippen LogP contribution in [0.1, 0.15) is 0 Å². The Kier molecular flexibility index (Phi) is 9.53. The van der Waals surface area contributed by atoms with E-state index in [1.807, 2.05) is 12.1 Å². The van der Waals surface area contributed by atoms with Crippen molar-refractivity contribution >= 4 is 38.9 Å². The van der Waals surface area contributed by atoms with Gasteiger partial charge in [-0.05, 0) is 110 Å². The summed E-state index contributed by atoms with van der Waals surface area (Å²) in [4.78, 5) is 7.53. The quantitative estimate of drug-likeness (QED) is 0.146. The lowest BCUT2D eigenvalue weighted by Gasteiger charge is -2.28. The van der Waals surface area contributed by atoms with Crippen molar-refractivity contribution in [1.29, 1.82) is 0 Å². The van der Waals surface area contributed by atoms with Crippen molar-refractivity contribution in [3.8, 4) is 67.1 Å². The van der Waals surface area contributed by atoms with E-state index in [-0.39, 0.29) is 0 Å². The van der Waals surface area contributed by atoms with E-state index in [1.165, 1.54) is 22.3 Å². The van der Waals surface area contributed by atoms with Crippen molar-refractivity contribution < 1.29 is 4.42 Å². The highest BCUT2D eigenvalue weighted by Crippen LogP contribution is 2.43. The van der Waals surface area contributed by atoms with E-state index in [1.54, 1.807) is 0 Å². The lowest BCUT2D eigenvalue weighted by atomic mass is 9.93. The number of anilines is 3. The molecule has 1 heterocycles. The molecule has 0 aliphatic carbocycles. The van der Waals surface area contributed by atoms with Gasteiger partial charge in [0.15, 0.2) is 5.58 Å². The molecule has 1 aromatic heterocycles. The Labute approximate surface area is 361 Å². The Morgan fingerprint density at radius 1 is 0.323 bits per heavy atom. The van der Waals surface area contributed by atoms with Gasteiger partial charge in [0.1, 0.15) is 5.52 Å². The Morgan fingerprint density at radius 2 is 0.806 bits per heavy atom. The standard InChI is InChI=1S/C59H40N2O/c1-4-15-41(16-5-1)43-29-31-45(32-30-43)48-20-13-25-52(40-48)61(51-23-8-3-9-24-51)55-28-11-10-26-53(55)49-21-12-22-50(39-49)54-27-14-19-46-37-38-56-58(57(46)54)60-59(62-56)47-35-33-44(34-36-47)42-17-6-2-7-18-42/h1-40H. The summed E-state index contributed by atoms with van der Waals surface area (Å²) in [6.07, 6.45) is 0. The number of rotatable bonds is 9. The highest BCUT2D eigenvalue weighted by Gasteiger charge is 2.19. The number of hydrogen-bond acceptors (Lipinski definition) is 3. The van der Waals surface area contributed by atoms with Crippen LogP contribution in [0.15, 0.2) is 247 Å². The molecule has 0 fully saturated rings. The summed E-state index contributed by atoms with van der Waals surface area (Å²) in [7, 11) is 0.